The molecule has 0 spiro atoms. The Hall–Kier alpha value is -1.90. The van der Waals surface area contributed by atoms with Crippen LogP contribution in [0, 0.1) is 0 Å². The van der Waals surface area contributed by atoms with Crippen molar-refractivity contribution in [3.05, 3.63) is 56.7 Å². The van der Waals surface area contributed by atoms with Crippen LogP contribution in [0.5, 0.6) is 0 Å². The van der Waals surface area contributed by atoms with Crippen molar-refractivity contribution in [3.8, 4) is 0 Å². The molecule has 1 aromatic heterocycles. The van der Waals surface area contributed by atoms with Crippen LogP contribution < -0.4 is 5.32 Å². The van der Waals surface area contributed by atoms with E-state index in [-0.39, 0.29) is 6.54 Å². The maximum absolute atomic E-state index is 12.6. The van der Waals surface area contributed by atoms with Gasteiger partial charge in [0.25, 0.3) is 5.91 Å². The summed E-state index contributed by atoms with van der Waals surface area (Å²) in [6.07, 6.45) is -0.217. The van der Waals surface area contributed by atoms with Gasteiger partial charge in [-0.2, -0.15) is 0 Å². The Kier molecular flexibility index (Phi) is 7.41. The zero-order valence-electron chi connectivity index (χ0n) is 15.4. The van der Waals surface area contributed by atoms with Crippen LogP contribution in [0.2, 0.25) is 0 Å². The number of rotatable bonds is 6. The van der Waals surface area contributed by atoms with E-state index in [0.29, 0.717) is 16.4 Å². The van der Waals surface area contributed by atoms with Crippen molar-refractivity contribution in [1.29, 1.82) is 0 Å². The smallest absolute Gasteiger partial charge is 0.407 e. The van der Waals surface area contributed by atoms with Crippen LogP contribution in [0.3, 0.4) is 0 Å². The van der Waals surface area contributed by atoms with Crippen molar-refractivity contribution in [2.75, 3.05) is 6.54 Å². The maximum Gasteiger partial charge on any atom is 0.407 e. The average Bonchev–Trinajstić information content (AvgIpc) is 3.03. The van der Waals surface area contributed by atoms with Gasteiger partial charge in [-0.25, -0.2) is 9.86 Å². The molecule has 2 rings (SSSR count). The van der Waals surface area contributed by atoms with Crippen molar-refractivity contribution >= 4 is 39.3 Å². The number of nitrogens with one attached hydrogen (secondary N) is 1. The Morgan fingerprint density at radius 3 is 2.52 bits per heavy atom. The highest BCUT2D eigenvalue weighted by molar-refractivity contribution is 9.10. The first kappa shape index (κ1) is 21.4. The Labute approximate surface area is 171 Å². The summed E-state index contributed by atoms with van der Waals surface area (Å²) in [6, 6.07) is 10.5. The normalized spacial score (nSPS) is 12.3. The van der Waals surface area contributed by atoms with Crippen molar-refractivity contribution < 1.29 is 19.5 Å². The van der Waals surface area contributed by atoms with E-state index in [2.05, 4.69) is 21.2 Å². The van der Waals surface area contributed by atoms with Crippen molar-refractivity contribution in [2.45, 2.75) is 38.8 Å². The summed E-state index contributed by atoms with van der Waals surface area (Å²) in [5.41, 5.74) is 0.310. The van der Waals surface area contributed by atoms with E-state index >= 15 is 0 Å². The van der Waals surface area contributed by atoms with Gasteiger partial charge in [-0.05, 0) is 54.8 Å². The van der Waals surface area contributed by atoms with E-state index in [1.54, 1.807) is 32.2 Å². The number of amides is 2. The monoisotopic (exact) mass is 454 g/mol. The number of thiophene rings is 1. The number of ether oxygens (including phenoxy) is 1. The molecular weight excluding hydrogens is 432 g/mol. The number of alkyl carbamates (subject to hydrolysis) is 1. The SMILES string of the molecule is CC(C)(C)OC(=O)NC[C@@H](Cc1ccccc1)N(O)C(=O)c1cc(Br)cs1. The topological polar surface area (TPSA) is 78.9 Å². The van der Waals surface area contributed by atoms with E-state index < -0.39 is 23.6 Å². The van der Waals surface area contributed by atoms with Crippen LogP contribution in [0.4, 0.5) is 4.79 Å². The second-order valence-corrected chi connectivity index (χ2v) is 8.83. The molecule has 27 heavy (non-hydrogen) atoms. The lowest BCUT2D eigenvalue weighted by molar-refractivity contribution is -0.0874. The van der Waals surface area contributed by atoms with Gasteiger partial charge in [-0.3, -0.25) is 10.0 Å². The number of nitrogens with zero attached hydrogens (tertiary/aromatic N) is 1. The van der Waals surface area contributed by atoms with Gasteiger partial charge < -0.3 is 10.1 Å². The minimum Gasteiger partial charge on any atom is -0.444 e. The highest BCUT2D eigenvalue weighted by Gasteiger charge is 2.26. The third-order valence-electron chi connectivity index (χ3n) is 3.53. The van der Waals surface area contributed by atoms with E-state index in [1.165, 1.54) is 11.3 Å². The predicted molar refractivity (Wildman–Crippen MR) is 108 cm³/mol. The fraction of sp³-hybridized carbons (Fsp3) is 0.368. The number of carbonyl (C=O) groups excluding carboxylic acids is 2. The molecule has 2 aromatic rings. The van der Waals surface area contributed by atoms with Crippen molar-refractivity contribution in [2.24, 2.45) is 0 Å². The van der Waals surface area contributed by atoms with E-state index in [4.69, 9.17) is 4.74 Å². The van der Waals surface area contributed by atoms with Gasteiger partial charge in [0.2, 0.25) is 0 Å². The lowest BCUT2D eigenvalue weighted by Gasteiger charge is -2.27. The summed E-state index contributed by atoms with van der Waals surface area (Å²) < 4.78 is 6.00. The molecule has 0 radical (unpaired) electrons. The summed E-state index contributed by atoms with van der Waals surface area (Å²) in [6.45, 7) is 5.36. The number of hydrogen-bond acceptors (Lipinski definition) is 5. The molecule has 6 nitrogen and oxygen atoms in total. The van der Waals surface area contributed by atoms with E-state index in [0.717, 1.165) is 10.0 Å². The number of carbonyl (C=O) groups is 2. The van der Waals surface area contributed by atoms with Crippen LogP contribution >= 0.6 is 27.3 Å². The lowest BCUT2D eigenvalue weighted by atomic mass is 10.1. The van der Waals surface area contributed by atoms with Crippen LogP contribution in [-0.2, 0) is 11.2 Å². The third-order valence-corrected chi connectivity index (χ3v) is 5.21. The first-order chi connectivity index (χ1) is 12.7. The lowest BCUT2D eigenvalue weighted by Crippen LogP contribution is -2.47. The summed E-state index contributed by atoms with van der Waals surface area (Å²) in [7, 11) is 0. The van der Waals surface area contributed by atoms with Crippen LogP contribution in [0.25, 0.3) is 0 Å². The van der Waals surface area contributed by atoms with Gasteiger partial charge in [-0.1, -0.05) is 30.3 Å². The molecule has 2 N–H and O–H groups in total. The molecule has 146 valence electrons. The molecule has 8 heteroatoms. The van der Waals surface area contributed by atoms with E-state index in [1.807, 2.05) is 30.3 Å². The Morgan fingerprint density at radius 1 is 1.30 bits per heavy atom. The number of hydrogen-bond donors (Lipinski definition) is 2. The molecule has 0 aliphatic carbocycles. The second-order valence-electron chi connectivity index (χ2n) is 7.01. The molecule has 0 bridgehead atoms. The fourth-order valence-electron chi connectivity index (χ4n) is 2.35. The van der Waals surface area contributed by atoms with Gasteiger partial charge in [0.15, 0.2) is 0 Å². The summed E-state index contributed by atoms with van der Waals surface area (Å²) in [5, 5.41) is 15.6. The molecular formula is C19H23BrN2O4S. The summed E-state index contributed by atoms with van der Waals surface area (Å²) in [5.74, 6) is -0.516. The molecule has 0 unspecified atom stereocenters. The standard InChI is InChI=1S/C19H23BrN2O4S/c1-19(2,3)26-18(24)21-11-15(9-13-7-5-4-6-8-13)22(25)17(23)16-10-14(20)12-27-16/h4-8,10,12,15,25H,9,11H2,1-3H3,(H,21,24)/t15-/m1/s1. The van der Waals surface area contributed by atoms with Gasteiger partial charge in [0, 0.05) is 16.4 Å². The fourth-order valence-corrected chi connectivity index (χ4v) is 3.71. The molecule has 0 fully saturated rings. The molecule has 0 aliphatic rings. The molecule has 1 aromatic carbocycles. The maximum atomic E-state index is 12.6. The number of benzene rings is 1. The highest BCUT2D eigenvalue weighted by atomic mass is 79.9. The molecule has 2 amide bonds. The zero-order valence-corrected chi connectivity index (χ0v) is 17.8. The molecule has 0 saturated heterocycles. The first-order valence-electron chi connectivity index (χ1n) is 8.43. The van der Waals surface area contributed by atoms with Crippen molar-refractivity contribution in [1.82, 2.24) is 10.4 Å². The summed E-state index contributed by atoms with van der Waals surface area (Å²) >= 11 is 4.53. The van der Waals surface area contributed by atoms with Gasteiger partial charge in [-0.15, -0.1) is 11.3 Å². The minimum absolute atomic E-state index is 0.0542. The van der Waals surface area contributed by atoms with Crippen LogP contribution in [-0.4, -0.2) is 40.5 Å². The van der Waals surface area contributed by atoms with E-state index in [9.17, 15) is 14.8 Å². The summed E-state index contributed by atoms with van der Waals surface area (Å²) in [4.78, 5) is 24.9. The second kappa shape index (κ2) is 9.34. The largest absolute Gasteiger partial charge is 0.444 e. The Morgan fingerprint density at radius 2 is 1.96 bits per heavy atom. The quantitative estimate of drug-likeness (QED) is 0.498. The molecule has 1 atom stereocenters. The highest BCUT2D eigenvalue weighted by Crippen LogP contribution is 2.22. The average molecular weight is 455 g/mol. The zero-order chi connectivity index (χ0) is 20.0. The Bertz CT molecular complexity index is 774. The first-order valence-corrected chi connectivity index (χ1v) is 10.1. The van der Waals surface area contributed by atoms with Gasteiger partial charge in [0.05, 0.1) is 10.9 Å². The van der Waals surface area contributed by atoms with Crippen LogP contribution in [0.15, 0.2) is 46.3 Å². The molecule has 0 aliphatic heterocycles. The van der Waals surface area contributed by atoms with Crippen molar-refractivity contribution in [3.63, 3.8) is 0 Å². The molecule has 1 heterocycles. The number of halogens is 1. The third kappa shape index (κ3) is 6.97. The predicted octanol–water partition coefficient (Wildman–Crippen LogP) is 4.48. The number of hydroxylamine groups is 2. The minimum atomic E-state index is -0.645. The van der Waals surface area contributed by atoms with Gasteiger partial charge in [0.1, 0.15) is 5.60 Å². The van der Waals surface area contributed by atoms with Gasteiger partial charge >= 0.3 is 6.09 Å². The van der Waals surface area contributed by atoms with Crippen LogP contribution in [0.1, 0.15) is 36.0 Å². The Balaban J connectivity index is 2.11. The molecule has 0 saturated carbocycles.